The van der Waals surface area contributed by atoms with Crippen molar-refractivity contribution in [1.82, 2.24) is 41.0 Å². The molecule has 0 radical (unpaired) electrons. The maximum Gasteiger partial charge on any atom is 0.246 e. The SMILES string of the molecule is Cc1ncsc1-c1ccc(CNC(=O)[C@@H]2C[C@@H](O)CN2C(=O)[C@@H](NC(=O)CCC(=O)N[C@@H]2CCc3[nH]c4nnc(-c5ccccc5O)cc4c3C2)C(C)(C)C)cc1. The van der Waals surface area contributed by atoms with Crippen molar-refractivity contribution in [1.29, 1.82) is 0 Å². The molecule has 1 fully saturated rings. The molecule has 0 spiro atoms. The summed E-state index contributed by atoms with van der Waals surface area (Å²) < 4.78 is 0. The Morgan fingerprint density at radius 2 is 1.79 bits per heavy atom. The number of nitrogens with one attached hydrogen (secondary N) is 4. The molecule has 298 valence electrons. The summed E-state index contributed by atoms with van der Waals surface area (Å²) in [7, 11) is 0. The number of phenolic OH excluding ortho intramolecular Hbond substituents is 1. The number of fused-ring (bicyclic) bond motifs is 3. The number of carbonyl (C=O) groups is 4. The van der Waals surface area contributed by atoms with Gasteiger partial charge in [0.15, 0.2) is 5.65 Å². The van der Waals surface area contributed by atoms with E-state index in [0.29, 0.717) is 36.2 Å². The minimum absolute atomic E-state index is 0.0349. The van der Waals surface area contributed by atoms with Gasteiger partial charge in [-0.05, 0) is 66.5 Å². The van der Waals surface area contributed by atoms with E-state index < -0.39 is 35.4 Å². The molecule has 1 aliphatic heterocycles. The minimum Gasteiger partial charge on any atom is -0.507 e. The van der Waals surface area contributed by atoms with Crippen molar-refractivity contribution in [3.05, 3.63) is 82.6 Å². The van der Waals surface area contributed by atoms with E-state index in [2.05, 4.69) is 36.1 Å². The second-order valence-corrected chi connectivity index (χ2v) is 16.9. The summed E-state index contributed by atoms with van der Waals surface area (Å²) in [5, 5.41) is 39.3. The van der Waals surface area contributed by atoms with Gasteiger partial charge in [-0.3, -0.25) is 19.2 Å². The Morgan fingerprint density at radius 1 is 1.04 bits per heavy atom. The highest BCUT2D eigenvalue weighted by Gasteiger charge is 2.44. The molecule has 2 aliphatic rings. The van der Waals surface area contributed by atoms with E-state index in [0.717, 1.165) is 38.3 Å². The third kappa shape index (κ3) is 8.84. The van der Waals surface area contributed by atoms with Crippen molar-refractivity contribution in [2.45, 2.75) is 97.0 Å². The number of amides is 4. The number of aliphatic hydroxyl groups excluding tert-OH is 1. The lowest BCUT2D eigenvalue weighted by molar-refractivity contribution is -0.144. The number of H-pyrrole nitrogens is 1. The van der Waals surface area contributed by atoms with Gasteiger partial charge < -0.3 is 36.0 Å². The maximum absolute atomic E-state index is 14.0. The van der Waals surface area contributed by atoms with Crippen molar-refractivity contribution in [3.8, 4) is 27.4 Å². The van der Waals surface area contributed by atoms with Crippen molar-refractivity contribution < 1.29 is 29.4 Å². The van der Waals surface area contributed by atoms with Crippen LogP contribution >= 0.6 is 11.3 Å². The second kappa shape index (κ2) is 16.4. The van der Waals surface area contributed by atoms with Gasteiger partial charge in [0.1, 0.15) is 17.8 Å². The molecule has 57 heavy (non-hydrogen) atoms. The molecule has 4 atom stereocenters. The summed E-state index contributed by atoms with van der Waals surface area (Å²) in [6.45, 7) is 7.63. The summed E-state index contributed by atoms with van der Waals surface area (Å²) in [5.74, 6) is -1.48. The summed E-state index contributed by atoms with van der Waals surface area (Å²) in [5.41, 5.74) is 7.81. The van der Waals surface area contributed by atoms with Crippen LogP contribution in [0.4, 0.5) is 0 Å². The predicted octanol–water partition coefficient (Wildman–Crippen LogP) is 4.33. The zero-order valence-corrected chi connectivity index (χ0v) is 33.3. The Bertz CT molecular complexity index is 2300. The number of thiazole rings is 1. The number of nitrogens with zero attached hydrogens (tertiary/aromatic N) is 4. The lowest BCUT2D eigenvalue weighted by Gasteiger charge is -2.35. The molecule has 2 aromatic carbocycles. The van der Waals surface area contributed by atoms with Crippen LogP contribution in [-0.4, -0.2) is 89.7 Å². The number of aryl methyl sites for hydroxylation is 2. The van der Waals surface area contributed by atoms with Crippen LogP contribution in [0.25, 0.3) is 32.7 Å². The molecule has 3 aromatic heterocycles. The molecule has 5 aromatic rings. The van der Waals surface area contributed by atoms with Gasteiger partial charge in [0.25, 0.3) is 0 Å². The van der Waals surface area contributed by atoms with Gasteiger partial charge >= 0.3 is 0 Å². The van der Waals surface area contributed by atoms with Crippen LogP contribution in [0.3, 0.4) is 0 Å². The predicted molar refractivity (Wildman–Crippen MR) is 216 cm³/mol. The van der Waals surface area contributed by atoms with Crippen LogP contribution in [0.2, 0.25) is 0 Å². The fourth-order valence-electron chi connectivity index (χ4n) is 7.69. The van der Waals surface area contributed by atoms with E-state index in [9.17, 15) is 29.4 Å². The van der Waals surface area contributed by atoms with E-state index in [1.807, 2.05) is 69.6 Å². The number of hydrogen-bond donors (Lipinski definition) is 6. The quantitative estimate of drug-likeness (QED) is 0.113. The van der Waals surface area contributed by atoms with E-state index in [-0.39, 0.29) is 56.0 Å². The molecular weight excluding hydrogens is 745 g/mol. The summed E-state index contributed by atoms with van der Waals surface area (Å²) in [4.78, 5) is 64.0. The second-order valence-electron chi connectivity index (χ2n) is 16.0. The van der Waals surface area contributed by atoms with Gasteiger partial charge in [0.2, 0.25) is 23.6 Å². The van der Waals surface area contributed by atoms with Gasteiger partial charge in [-0.15, -0.1) is 21.5 Å². The zero-order valence-electron chi connectivity index (χ0n) is 32.5. The first-order chi connectivity index (χ1) is 27.2. The number of aromatic hydroxyl groups is 1. The molecule has 4 heterocycles. The largest absolute Gasteiger partial charge is 0.507 e. The van der Waals surface area contributed by atoms with Gasteiger partial charge in [-0.2, -0.15) is 0 Å². The summed E-state index contributed by atoms with van der Waals surface area (Å²) in [6.07, 6.45) is 0.949. The topological polar surface area (TPSA) is 203 Å². The van der Waals surface area contributed by atoms with Crippen LogP contribution in [-0.2, 0) is 38.6 Å². The smallest absolute Gasteiger partial charge is 0.246 e. The number of rotatable bonds is 11. The molecule has 6 N–H and O–H groups in total. The number of aromatic amines is 1. The number of carbonyl (C=O) groups excluding carboxylic acids is 4. The number of likely N-dealkylation sites (tertiary alicyclic amines) is 1. The average Bonchev–Trinajstić information content (AvgIpc) is 3.90. The molecule has 0 saturated carbocycles. The number of hydrogen-bond acceptors (Lipinski definition) is 10. The first-order valence-electron chi connectivity index (χ1n) is 19.2. The molecule has 1 saturated heterocycles. The highest BCUT2D eigenvalue weighted by molar-refractivity contribution is 7.13. The van der Waals surface area contributed by atoms with Crippen molar-refractivity contribution in [3.63, 3.8) is 0 Å². The lowest BCUT2D eigenvalue weighted by Crippen LogP contribution is -2.57. The molecule has 7 rings (SSSR count). The minimum atomic E-state index is -0.999. The fourth-order valence-corrected chi connectivity index (χ4v) is 8.51. The average molecular weight is 793 g/mol. The van der Waals surface area contributed by atoms with Crippen LogP contribution in [0.15, 0.2) is 60.1 Å². The lowest BCUT2D eigenvalue weighted by atomic mass is 9.85. The molecular formula is C42H48N8O6S. The fraction of sp³-hybridized carbons (Fsp3) is 0.405. The maximum atomic E-state index is 14.0. The highest BCUT2D eigenvalue weighted by atomic mass is 32.1. The third-order valence-electron chi connectivity index (χ3n) is 10.8. The Hall–Kier alpha value is -5.67. The Labute approximate surface area is 334 Å². The Kier molecular flexibility index (Phi) is 11.4. The number of benzene rings is 2. The van der Waals surface area contributed by atoms with Crippen molar-refractivity contribution >= 4 is 46.0 Å². The van der Waals surface area contributed by atoms with E-state index in [4.69, 9.17) is 0 Å². The molecule has 14 nitrogen and oxygen atoms in total. The standard InChI is InChI=1S/C42H48N8O6S/c1-23-37(57-22-44-23)25-11-9-24(10-12-25)20-43-40(55)33-18-27(51)21-50(33)41(56)38(42(2,3)4)47-36(54)16-15-35(53)45-26-13-14-31-29(17-26)30-19-32(48-49-39(30)46-31)28-7-5-6-8-34(28)52/h5-12,19,22,26-27,33,38,51-52H,13-18,20-21H2,1-4H3,(H,43,55)(H,45,53)(H,46,49)(H,47,54)/t26-,27-,33+,38-/m1/s1. The van der Waals surface area contributed by atoms with Gasteiger partial charge in [-0.1, -0.05) is 57.2 Å². The molecule has 0 unspecified atom stereocenters. The van der Waals surface area contributed by atoms with E-state index >= 15 is 0 Å². The summed E-state index contributed by atoms with van der Waals surface area (Å²) in [6, 6.07) is 14.6. The normalized spacial score (nSPS) is 18.5. The van der Waals surface area contributed by atoms with Crippen molar-refractivity contribution in [2.75, 3.05) is 6.54 Å². The highest BCUT2D eigenvalue weighted by Crippen LogP contribution is 2.33. The number of para-hydroxylation sites is 1. The molecule has 4 amide bonds. The van der Waals surface area contributed by atoms with Crippen molar-refractivity contribution in [2.24, 2.45) is 5.41 Å². The third-order valence-corrected chi connectivity index (χ3v) is 11.8. The monoisotopic (exact) mass is 792 g/mol. The van der Waals surface area contributed by atoms with E-state index in [1.54, 1.807) is 29.5 Å². The van der Waals surface area contributed by atoms with E-state index in [1.165, 1.54) is 4.90 Å². The summed E-state index contributed by atoms with van der Waals surface area (Å²) >= 11 is 1.57. The first kappa shape index (κ1) is 39.6. The number of aromatic nitrogens is 4. The first-order valence-corrected chi connectivity index (χ1v) is 20.1. The zero-order chi connectivity index (χ0) is 40.4. The van der Waals surface area contributed by atoms with Crippen LogP contribution in [0.1, 0.15) is 69.0 Å². The van der Waals surface area contributed by atoms with Crippen LogP contribution in [0, 0.1) is 12.3 Å². The van der Waals surface area contributed by atoms with Crippen LogP contribution in [0.5, 0.6) is 5.75 Å². The molecule has 15 heteroatoms. The van der Waals surface area contributed by atoms with Gasteiger partial charge in [0.05, 0.1) is 27.9 Å². The number of aliphatic hydroxyl groups is 1. The van der Waals surface area contributed by atoms with Gasteiger partial charge in [0, 0.05) is 55.0 Å². The molecule has 0 bridgehead atoms. The van der Waals surface area contributed by atoms with Crippen LogP contribution < -0.4 is 16.0 Å². The Balaban J connectivity index is 0.928. The van der Waals surface area contributed by atoms with Gasteiger partial charge in [-0.25, -0.2) is 4.98 Å². The number of phenols is 1. The number of β-amino-alcohol motifs (C(OH)–C–C–N with tert-alkyl or cyclic N) is 1. The Morgan fingerprint density at radius 3 is 2.51 bits per heavy atom. The molecule has 1 aliphatic carbocycles.